The number of nitrogens with zero attached hydrogens (tertiary/aromatic N) is 1. The fraction of sp³-hybridized carbons (Fsp3) is 0. The molecule has 0 spiro atoms. The van der Waals surface area contributed by atoms with Crippen LogP contribution >= 0.6 is 0 Å². The smallest absolute Gasteiger partial charge is 0.258 e. The third-order valence-corrected chi connectivity index (χ3v) is 2.21. The lowest BCUT2D eigenvalue weighted by molar-refractivity contribution is 0.102. The summed E-state index contributed by atoms with van der Waals surface area (Å²) in [6, 6.07) is 3.25. The summed E-state index contributed by atoms with van der Waals surface area (Å²) in [6.07, 6.45) is 0.902. The summed E-state index contributed by atoms with van der Waals surface area (Å²) in [4.78, 5) is 14.6. The molecule has 7 heteroatoms. The highest BCUT2D eigenvalue weighted by Gasteiger charge is 2.16. The zero-order valence-corrected chi connectivity index (χ0v) is 9.25. The molecule has 98 valence electrons. The van der Waals surface area contributed by atoms with Gasteiger partial charge in [-0.1, -0.05) is 0 Å². The first-order valence-electron chi connectivity index (χ1n) is 5.05. The highest BCUT2D eigenvalue weighted by molar-refractivity contribution is 6.04. The molecule has 2 aromatic rings. The molecule has 3 nitrogen and oxygen atoms in total. The van der Waals surface area contributed by atoms with Crippen LogP contribution < -0.4 is 5.32 Å². The normalized spacial score (nSPS) is 10.3. The molecule has 0 saturated heterocycles. The van der Waals surface area contributed by atoms with Crippen LogP contribution in [0, 0.1) is 23.4 Å². The molecule has 0 aliphatic heterocycles. The van der Waals surface area contributed by atoms with Crippen molar-refractivity contribution in [1.82, 2.24) is 4.98 Å². The molecule has 1 aromatic heterocycles. The highest BCUT2D eigenvalue weighted by atomic mass is 19.2. The predicted octanol–water partition coefficient (Wildman–Crippen LogP) is 2.89. The molecule has 0 aliphatic rings. The molecule has 1 N–H and O–H groups in total. The fourth-order valence-electron chi connectivity index (χ4n) is 1.42. The van der Waals surface area contributed by atoms with Gasteiger partial charge in [0.25, 0.3) is 5.91 Å². The minimum absolute atomic E-state index is 0.209. The zero-order valence-electron chi connectivity index (χ0n) is 9.25. The van der Waals surface area contributed by atoms with Crippen LogP contribution in [0.25, 0.3) is 0 Å². The molecular formula is C12H6F4N2O. The Morgan fingerprint density at radius 1 is 1.05 bits per heavy atom. The minimum Gasteiger partial charge on any atom is -0.322 e. The Bertz CT molecular complexity index is 625. The lowest BCUT2D eigenvalue weighted by Crippen LogP contribution is -2.15. The third-order valence-electron chi connectivity index (χ3n) is 2.21. The largest absolute Gasteiger partial charge is 0.322 e. The maximum absolute atomic E-state index is 13.3. The van der Waals surface area contributed by atoms with Crippen molar-refractivity contribution in [2.45, 2.75) is 0 Å². The second-order valence-electron chi connectivity index (χ2n) is 3.58. The van der Waals surface area contributed by atoms with E-state index in [1.54, 1.807) is 0 Å². The lowest BCUT2D eigenvalue weighted by Gasteiger charge is -2.06. The van der Waals surface area contributed by atoms with Gasteiger partial charge >= 0.3 is 0 Å². The van der Waals surface area contributed by atoms with Gasteiger partial charge in [0.15, 0.2) is 5.82 Å². The molecule has 1 aromatic carbocycles. The number of pyridine rings is 1. The van der Waals surface area contributed by atoms with E-state index in [0.29, 0.717) is 6.07 Å². The first kappa shape index (κ1) is 13.0. The van der Waals surface area contributed by atoms with Gasteiger partial charge < -0.3 is 5.32 Å². The number of carbonyl (C=O) groups excluding carboxylic acids is 1. The van der Waals surface area contributed by atoms with Gasteiger partial charge in [-0.15, -0.1) is 0 Å². The Balaban J connectivity index is 2.28. The second-order valence-corrected chi connectivity index (χ2v) is 3.58. The van der Waals surface area contributed by atoms with Crippen LogP contribution in [0.4, 0.5) is 23.2 Å². The van der Waals surface area contributed by atoms with Crippen molar-refractivity contribution in [3.63, 3.8) is 0 Å². The van der Waals surface area contributed by atoms with E-state index in [0.717, 1.165) is 24.4 Å². The van der Waals surface area contributed by atoms with Crippen LogP contribution in [0.2, 0.25) is 0 Å². The van der Waals surface area contributed by atoms with Gasteiger partial charge in [0.2, 0.25) is 5.95 Å². The maximum atomic E-state index is 13.3. The van der Waals surface area contributed by atoms with Crippen molar-refractivity contribution in [2.24, 2.45) is 0 Å². The Morgan fingerprint density at radius 3 is 2.32 bits per heavy atom. The molecule has 0 aliphatic carbocycles. The van der Waals surface area contributed by atoms with Gasteiger partial charge in [0.1, 0.15) is 11.6 Å². The third kappa shape index (κ3) is 2.87. The number of carbonyl (C=O) groups is 1. The van der Waals surface area contributed by atoms with Crippen LogP contribution in [0.1, 0.15) is 10.4 Å². The monoisotopic (exact) mass is 270 g/mol. The molecule has 0 radical (unpaired) electrons. The summed E-state index contributed by atoms with van der Waals surface area (Å²) >= 11 is 0. The molecular weight excluding hydrogens is 264 g/mol. The van der Waals surface area contributed by atoms with E-state index >= 15 is 0 Å². The van der Waals surface area contributed by atoms with Gasteiger partial charge in [-0.05, 0) is 18.2 Å². The first-order chi connectivity index (χ1) is 8.97. The number of hydrogen-bond donors (Lipinski definition) is 1. The van der Waals surface area contributed by atoms with Crippen LogP contribution in [0.5, 0.6) is 0 Å². The molecule has 2 rings (SSSR count). The number of aromatic nitrogens is 1. The first-order valence-corrected chi connectivity index (χ1v) is 5.05. The number of benzene rings is 1. The second kappa shape index (κ2) is 5.05. The van der Waals surface area contributed by atoms with E-state index in [4.69, 9.17) is 0 Å². The zero-order chi connectivity index (χ0) is 14.0. The average Bonchev–Trinajstić information content (AvgIpc) is 2.31. The molecule has 1 amide bonds. The number of hydrogen-bond acceptors (Lipinski definition) is 2. The highest BCUT2D eigenvalue weighted by Crippen LogP contribution is 2.15. The lowest BCUT2D eigenvalue weighted by atomic mass is 10.2. The van der Waals surface area contributed by atoms with Crippen LogP contribution in [0.15, 0.2) is 30.5 Å². The number of rotatable bonds is 2. The Kier molecular flexibility index (Phi) is 3.46. The summed E-state index contributed by atoms with van der Waals surface area (Å²) < 4.78 is 51.9. The standard InChI is InChI=1S/C12H6F4N2O/c13-6-3-7(14)5-8(4-6)18-12(19)9-1-2-17-11(16)10(9)15/h1-5H,(H,18,19). The van der Waals surface area contributed by atoms with Gasteiger partial charge in [-0.3, -0.25) is 4.79 Å². The quantitative estimate of drug-likeness (QED) is 0.673. The summed E-state index contributed by atoms with van der Waals surface area (Å²) in [5, 5.41) is 2.05. The van der Waals surface area contributed by atoms with E-state index in [-0.39, 0.29) is 5.69 Å². The Morgan fingerprint density at radius 2 is 1.68 bits per heavy atom. The topological polar surface area (TPSA) is 42.0 Å². The Labute approximate surface area is 104 Å². The SMILES string of the molecule is O=C(Nc1cc(F)cc(F)c1)c1ccnc(F)c1F. The van der Waals surface area contributed by atoms with Crippen molar-refractivity contribution >= 4 is 11.6 Å². The van der Waals surface area contributed by atoms with Crippen molar-refractivity contribution in [2.75, 3.05) is 5.32 Å². The van der Waals surface area contributed by atoms with Crippen LogP contribution in [0.3, 0.4) is 0 Å². The fourth-order valence-corrected chi connectivity index (χ4v) is 1.42. The number of nitrogens with one attached hydrogen (secondary N) is 1. The van der Waals surface area contributed by atoms with E-state index in [9.17, 15) is 22.4 Å². The molecule has 19 heavy (non-hydrogen) atoms. The Hall–Kier alpha value is -2.44. The molecule has 0 bridgehead atoms. The number of amides is 1. The van der Waals surface area contributed by atoms with Crippen LogP contribution in [-0.2, 0) is 0 Å². The van der Waals surface area contributed by atoms with Crippen molar-refractivity contribution < 1.29 is 22.4 Å². The molecule has 0 fully saturated rings. The average molecular weight is 270 g/mol. The minimum atomic E-state index is -1.43. The van der Waals surface area contributed by atoms with Crippen molar-refractivity contribution in [3.8, 4) is 0 Å². The predicted molar refractivity (Wildman–Crippen MR) is 58.5 cm³/mol. The van der Waals surface area contributed by atoms with Gasteiger partial charge in [-0.2, -0.15) is 4.39 Å². The van der Waals surface area contributed by atoms with E-state index in [2.05, 4.69) is 10.3 Å². The molecule has 1 heterocycles. The van der Waals surface area contributed by atoms with Gasteiger partial charge in [0, 0.05) is 18.0 Å². The summed E-state index contributed by atoms with van der Waals surface area (Å²) in [7, 11) is 0. The number of halogens is 4. The van der Waals surface area contributed by atoms with Crippen LogP contribution in [-0.4, -0.2) is 10.9 Å². The summed E-state index contributed by atoms with van der Waals surface area (Å²) in [5.74, 6) is -5.72. The summed E-state index contributed by atoms with van der Waals surface area (Å²) in [5.41, 5.74) is -0.823. The van der Waals surface area contributed by atoms with Crippen molar-refractivity contribution in [1.29, 1.82) is 0 Å². The molecule has 0 unspecified atom stereocenters. The molecule has 0 saturated carbocycles. The van der Waals surface area contributed by atoms with E-state index < -0.39 is 34.9 Å². The van der Waals surface area contributed by atoms with E-state index in [1.807, 2.05) is 0 Å². The maximum Gasteiger partial charge on any atom is 0.258 e. The number of anilines is 1. The van der Waals surface area contributed by atoms with Gasteiger partial charge in [-0.25, -0.2) is 18.2 Å². The van der Waals surface area contributed by atoms with Gasteiger partial charge in [0.05, 0.1) is 5.56 Å². The molecule has 0 atom stereocenters. The van der Waals surface area contributed by atoms with E-state index in [1.165, 1.54) is 0 Å². The van der Waals surface area contributed by atoms with Crippen molar-refractivity contribution in [3.05, 3.63) is 59.4 Å². The summed E-state index contributed by atoms with van der Waals surface area (Å²) in [6.45, 7) is 0.